The highest BCUT2D eigenvalue weighted by molar-refractivity contribution is 9.10. The molecule has 0 bridgehead atoms. The Morgan fingerprint density at radius 1 is 1.35 bits per heavy atom. The summed E-state index contributed by atoms with van der Waals surface area (Å²) in [7, 11) is 3.28. The molecule has 2 N–H and O–H groups in total. The zero-order valence-electron chi connectivity index (χ0n) is 15.5. The van der Waals surface area contributed by atoms with Crippen LogP contribution in [-0.4, -0.2) is 45.4 Å². The summed E-state index contributed by atoms with van der Waals surface area (Å²) in [6.07, 6.45) is 0. The van der Waals surface area contributed by atoms with E-state index in [4.69, 9.17) is 9.47 Å². The Morgan fingerprint density at radius 2 is 2.08 bits per heavy atom. The molecule has 0 saturated heterocycles. The second kappa shape index (κ2) is 8.35. The molecule has 1 aromatic heterocycles. The van der Waals surface area contributed by atoms with Gasteiger partial charge in [-0.2, -0.15) is 0 Å². The molecular formula is C16H23BrN6O3. The largest absolute Gasteiger partial charge is 0.493 e. The number of anilines is 1. The van der Waals surface area contributed by atoms with Crippen molar-refractivity contribution in [3.05, 3.63) is 22.2 Å². The fourth-order valence-corrected chi connectivity index (χ4v) is 2.66. The monoisotopic (exact) mass is 426 g/mol. The molecule has 0 aliphatic heterocycles. The number of carbonyl (C=O) groups excluding carboxylic acids is 1. The van der Waals surface area contributed by atoms with E-state index in [1.54, 1.807) is 20.2 Å². The molecule has 2 rings (SSSR count). The SMILES string of the molecule is COc1ccc(Br)c(CNc2nnnn2C)c1OCC(=O)NC(C)(C)C. The Labute approximate surface area is 160 Å². The van der Waals surface area contributed by atoms with Crippen molar-refractivity contribution in [2.75, 3.05) is 19.0 Å². The lowest BCUT2D eigenvalue weighted by Gasteiger charge is -2.21. The van der Waals surface area contributed by atoms with Gasteiger partial charge >= 0.3 is 0 Å². The Balaban J connectivity index is 2.18. The average Bonchev–Trinajstić information content (AvgIpc) is 2.95. The fraction of sp³-hybridized carbons (Fsp3) is 0.500. The average molecular weight is 427 g/mol. The van der Waals surface area contributed by atoms with Gasteiger partial charge in [-0.25, -0.2) is 4.68 Å². The number of hydrogen-bond acceptors (Lipinski definition) is 7. The van der Waals surface area contributed by atoms with E-state index in [1.807, 2.05) is 26.8 Å². The Hall–Kier alpha value is -2.36. The van der Waals surface area contributed by atoms with Crippen LogP contribution < -0.4 is 20.1 Å². The summed E-state index contributed by atoms with van der Waals surface area (Å²) in [4.78, 5) is 12.1. The van der Waals surface area contributed by atoms with Crippen LogP contribution in [-0.2, 0) is 18.4 Å². The van der Waals surface area contributed by atoms with E-state index in [-0.39, 0.29) is 18.1 Å². The number of aromatic nitrogens is 4. The van der Waals surface area contributed by atoms with Crippen molar-refractivity contribution in [1.82, 2.24) is 25.5 Å². The molecule has 26 heavy (non-hydrogen) atoms. The minimum atomic E-state index is -0.329. The summed E-state index contributed by atoms with van der Waals surface area (Å²) in [6, 6.07) is 3.63. The molecule has 0 aliphatic rings. The Morgan fingerprint density at radius 3 is 2.65 bits per heavy atom. The molecule has 9 nitrogen and oxygen atoms in total. The number of carbonyl (C=O) groups is 1. The van der Waals surface area contributed by atoms with E-state index in [0.29, 0.717) is 24.0 Å². The van der Waals surface area contributed by atoms with E-state index in [0.717, 1.165) is 10.0 Å². The van der Waals surface area contributed by atoms with Crippen molar-refractivity contribution >= 4 is 27.8 Å². The molecule has 0 radical (unpaired) electrons. The number of nitrogens with one attached hydrogen (secondary N) is 2. The number of nitrogens with zero attached hydrogens (tertiary/aromatic N) is 4. The number of halogens is 1. The van der Waals surface area contributed by atoms with Gasteiger partial charge in [-0.05, 0) is 43.3 Å². The van der Waals surface area contributed by atoms with Gasteiger partial charge in [0.05, 0.1) is 7.11 Å². The van der Waals surface area contributed by atoms with Crippen molar-refractivity contribution in [2.24, 2.45) is 7.05 Å². The van der Waals surface area contributed by atoms with Crippen LogP contribution >= 0.6 is 15.9 Å². The first kappa shape index (κ1) is 20.0. The van der Waals surface area contributed by atoms with E-state index in [1.165, 1.54) is 4.68 Å². The van der Waals surface area contributed by atoms with Gasteiger partial charge in [-0.15, -0.1) is 0 Å². The van der Waals surface area contributed by atoms with Gasteiger partial charge in [-0.1, -0.05) is 21.0 Å². The minimum Gasteiger partial charge on any atom is -0.493 e. The normalized spacial score (nSPS) is 11.2. The van der Waals surface area contributed by atoms with Crippen LogP contribution in [0.2, 0.25) is 0 Å². The number of aryl methyl sites for hydroxylation is 1. The fourth-order valence-electron chi connectivity index (χ4n) is 2.20. The molecule has 10 heteroatoms. The van der Waals surface area contributed by atoms with Crippen LogP contribution in [0.1, 0.15) is 26.3 Å². The summed E-state index contributed by atoms with van der Waals surface area (Å²) in [5.41, 5.74) is 0.459. The lowest BCUT2D eigenvalue weighted by atomic mass is 10.1. The van der Waals surface area contributed by atoms with Crippen molar-refractivity contribution in [3.63, 3.8) is 0 Å². The zero-order valence-corrected chi connectivity index (χ0v) is 17.0. The Bertz CT molecular complexity index is 772. The highest BCUT2D eigenvalue weighted by atomic mass is 79.9. The highest BCUT2D eigenvalue weighted by Crippen LogP contribution is 2.36. The third kappa shape index (κ3) is 5.32. The van der Waals surface area contributed by atoms with E-state index >= 15 is 0 Å². The van der Waals surface area contributed by atoms with Crippen LogP contribution in [0.4, 0.5) is 5.95 Å². The van der Waals surface area contributed by atoms with Crippen molar-refractivity contribution < 1.29 is 14.3 Å². The lowest BCUT2D eigenvalue weighted by molar-refractivity contribution is -0.124. The first-order valence-electron chi connectivity index (χ1n) is 7.96. The maximum absolute atomic E-state index is 12.1. The molecule has 0 spiro atoms. The van der Waals surface area contributed by atoms with Gasteiger partial charge in [0.1, 0.15) is 0 Å². The van der Waals surface area contributed by atoms with Crippen molar-refractivity contribution in [2.45, 2.75) is 32.9 Å². The molecule has 1 amide bonds. The highest BCUT2D eigenvalue weighted by Gasteiger charge is 2.19. The van der Waals surface area contributed by atoms with Crippen molar-refractivity contribution in [3.8, 4) is 11.5 Å². The Kier molecular flexibility index (Phi) is 6.41. The molecular weight excluding hydrogens is 404 g/mol. The van der Waals surface area contributed by atoms with E-state index < -0.39 is 0 Å². The van der Waals surface area contributed by atoms with Crippen LogP contribution in [0.15, 0.2) is 16.6 Å². The molecule has 1 aromatic carbocycles. The van der Waals surface area contributed by atoms with E-state index in [9.17, 15) is 4.79 Å². The molecule has 0 atom stereocenters. The summed E-state index contributed by atoms with van der Waals surface area (Å²) < 4.78 is 13.5. The second-order valence-electron chi connectivity index (χ2n) is 6.62. The molecule has 1 heterocycles. The number of hydrogen-bond donors (Lipinski definition) is 2. The van der Waals surface area contributed by atoms with Gasteiger partial charge < -0.3 is 20.1 Å². The molecule has 142 valence electrons. The summed E-state index contributed by atoms with van der Waals surface area (Å²) in [5.74, 6) is 1.31. The van der Waals surface area contributed by atoms with Crippen LogP contribution in [0.25, 0.3) is 0 Å². The maximum Gasteiger partial charge on any atom is 0.258 e. The molecule has 0 aliphatic carbocycles. The molecule has 0 fully saturated rings. The molecule has 0 unspecified atom stereocenters. The summed E-state index contributed by atoms with van der Waals surface area (Å²) >= 11 is 3.51. The predicted molar refractivity (Wildman–Crippen MR) is 100 cm³/mol. The van der Waals surface area contributed by atoms with Crippen molar-refractivity contribution in [1.29, 1.82) is 0 Å². The number of benzene rings is 1. The standard InChI is InChI=1S/C16H23BrN6O3/c1-16(2,3)19-13(24)9-26-14-10(11(17)6-7-12(14)25-5)8-18-15-20-21-22-23(15)4/h6-7H,8-9H2,1-5H3,(H,19,24)(H,18,20,22). The van der Waals surface area contributed by atoms with Gasteiger partial charge in [-0.3, -0.25) is 4.79 Å². The van der Waals surface area contributed by atoms with Crippen LogP contribution in [0.3, 0.4) is 0 Å². The number of rotatable bonds is 7. The molecule has 0 saturated carbocycles. The number of ether oxygens (including phenoxy) is 2. The first-order chi connectivity index (χ1) is 12.2. The molecule has 2 aromatic rings. The van der Waals surface area contributed by atoms with Gasteiger partial charge in [0.2, 0.25) is 5.95 Å². The second-order valence-corrected chi connectivity index (χ2v) is 7.48. The van der Waals surface area contributed by atoms with Crippen LogP contribution in [0.5, 0.6) is 11.5 Å². The number of amides is 1. The van der Waals surface area contributed by atoms with E-state index in [2.05, 4.69) is 42.1 Å². The number of methoxy groups -OCH3 is 1. The third-order valence-corrected chi connectivity index (χ3v) is 4.04. The van der Waals surface area contributed by atoms with Crippen LogP contribution in [0, 0.1) is 0 Å². The minimum absolute atomic E-state index is 0.122. The first-order valence-corrected chi connectivity index (χ1v) is 8.76. The topological polar surface area (TPSA) is 103 Å². The third-order valence-electron chi connectivity index (χ3n) is 3.29. The maximum atomic E-state index is 12.1. The number of tetrazole rings is 1. The quantitative estimate of drug-likeness (QED) is 0.696. The summed E-state index contributed by atoms with van der Waals surface area (Å²) in [5, 5.41) is 17.2. The zero-order chi connectivity index (χ0) is 19.3. The smallest absolute Gasteiger partial charge is 0.258 e. The van der Waals surface area contributed by atoms with Gasteiger partial charge in [0, 0.05) is 29.2 Å². The van der Waals surface area contributed by atoms with Gasteiger partial charge in [0.25, 0.3) is 5.91 Å². The predicted octanol–water partition coefficient (Wildman–Crippen LogP) is 1.89. The summed E-state index contributed by atoms with van der Waals surface area (Å²) in [6.45, 7) is 5.99. The van der Waals surface area contributed by atoms with Gasteiger partial charge in [0.15, 0.2) is 18.1 Å². The lowest BCUT2D eigenvalue weighted by Crippen LogP contribution is -2.43.